The lowest BCUT2D eigenvalue weighted by atomic mass is 10.2. The Labute approximate surface area is 117 Å². The molecule has 19 heavy (non-hydrogen) atoms. The second-order valence-corrected chi connectivity index (χ2v) is 8.39. The Bertz CT molecular complexity index is 660. The second-order valence-electron chi connectivity index (χ2n) is 5.05. The summed E-state index contributed by atoms with van der Waals surface area (Å²) in [5.41, 5.74) is 1.02. The van der Waals surface area contributed by atoms with Crippen molar-refractivity contribution in [2.24, 2.45) is 0 Å². The van der Waals surface area contributed by atoms with E-state index in [1.807, 2.05) is 25.2 Å². The number of fused-ring (bicyclic) bond motifs is 1. The van der Waals surface area contributed by atoms with Gasteiger partial charge in [0.2, 0.25) is 0 Å². The van der Waals surface area contributed by atoms with E-state index >= 15 is 0 Å². The van der Waals surface area contributed by atoms with Gasteiger partial charge in [-0.05, 0) is 25.6 Å². The quantitative estimate of drug-likeness (QED) is 0.868. The smallest absolute Gasteiger partial charge is 0.151 e. The van der Waals surface area contributed by atoms with E-state index in [4.69, 9.17) is 0 Å². The fraction of sp³-hybridized carbons (Fsp3) is 0.462. The van der Waals surface area contributed by atoms with Crippen LogP contribution in [0.1, 0.15) is 11.4 Å². The summed E-state index contributed by atoms with van der Waals surface area (Å²) < 4.78 is 24.2. The average molecular weight is 296 g/mol. The monoisotopic (exact) mass is 296 g/mol. The fourth-order valence-corrected chi connectivity index (χ4v) is 5.29. The molecule has 3 rings (SSSR count). The van der Waals surface area contributed by atoms with Crippen molar-refractivity contribution in [2.45, 2.75) is 19.0 Å². The Balaban J connectivity index is 1.74. The zero-order valence-corrected chi connectivity index (χ0v) is 12.4. The first kappa shape index (κ1) is 13.0. The SMILES string of the molecule is CN(Cc1nc2ccccc2s1)C1CCS(=O)(=O)C1. The van der Waals surface area contributed by atoms with Gasteiger partial charge >= 0.3 is 0 Å². The van der Waals surface area contributed by atoms with Crippen LogP contribution >= 0.6 is 11.3 Å². The number of hydrogen-bond donors (Lipinski definition) is 0. The molecular weight excluding hydrogens is 280 g/mol. The van der Waals surface area contributed by atoms with Gasteiger partial charge in [-0.25, -0.2) is 13.4 Å². The summed E-state index contributed by atoms with van der Waals surface area (Å²) in [7, 11) is -0.832. The Kier molecular flexibility index (Phi) is 3.32. The van der Waals surface area contributed by atoms with E-state index in [2.05, 4.69) is 16.0 Å². The lowest BCUT2D eigenvalue weighted by molar-refractivity contribution is 0.254. The van der Waals surface area contributed by atoms with Crippen molar-refractivity contribution in [3.63, 3.8) is 0 Å². The molecule has 1 fully saturated rings. The van der Waals surface area contributed by atoms with Gasteiger partial charge in [-0.1, -0.05) is 12.1 Å². The topological polar surface area (TPSA) is 50.3 Å². The van der Waals surface area contributed by atoms with Crippen molar-refractivity contribution in [1.82, 2.24) is 9.88 Å². The largest absolute Gasteiger partial charge is 0.296 e. The molecule has 0 radical (unpaired) electrons. The van der Waals surface area contributed by atoms with Crippen LogP contribution in [0.2, 0.25) is 0 Å². The average Bonchev–Trinajstić information content (AvgIpc) is 2.91. The summed E-state index contributed by atoms with van der Waals surface area (Å²) in [5, 5.41) is 1.05. The van der Waals surface area contributed by atoms with E-state index in [1.54, 1.807) is 11.3 Å². The third-order valence-corrected chi connectivity index (χ3v) is 6.33. The zero-order valence-electron chi connectivity index (χ0n) is 10.7. The van der Waals surface area contributed by atoms with Crippen LogP contribution in [0, 0.1) is 0 Å². The van der Waals surface area contributed by atoms with Gasteiger partial charge in [0.1, 0.15) is 5.01 Å². The molecule has 0 bridgehead atoms. The van der Waals surface area contributed by atoms with Gasteiger partial charge in [-0.2, -0.15) is 0 Å². The van der Waals surface area contributed by atoms with Gasteiger partial charge in [0.05, 0.1) is 28.3 Å². The Morgan fingerprint density at radius 3 is 2.89 bits per heavy atom. The van der Waals surface area contributed by atoms with Crippen LogP contribution in [-0.4, -0.2) is 42.9 Å². The number of rotatable bonds is 3. The number of nitrogens with zero attached hydrogens (tertiary/aromatic N) is 2. The molecule has 1 aromatic carbocycles. The molecule has 1 aliphatic heterocycles. The number of para-hydroxylation sites is 1. The minimum absolute atomic E-state index is 0.136. The molecule has 0 N–H and O–H groups in total. The highest BCUT2D eigenvalue weighted by atomic mass is 32.2. The zero-order chi connectivity index (χ0) is 13.5. The number of hydrogen-bond acceptors (Lipinski definition) is 5. The maximum Gasteiger partial charge on any atom is 0.151 e. The Morgan fingerprint density at radius 1 is 1.42 bits per heavy atom. The molecule has 1 aromatic heterocycles. The lowest BCUT2D eigenvalue weighted by Gasteiger charge is -2.21. The first-order valence-corrected chi connectivity index (χ1v) is 8.92. The highest BCUT2D eigenvalue weighted by Gasteiger charge is 2.30. The third kappa shape index (κ3) is 2.80. The van der Waals surface area contributed by atoms with Gasteiger partial charge in [0.25, 0.3) is 0 Å². The van der Waals surface area contributed by atoms with Crippen LogP contribution in [0.5, 0.6) is 0 Å². The molecule has 1 saturated heterocycles. The van der Waals surface area contributed by atoms with Crippen molar-refractivity contribution >= 4 is 31.4 Å². The highest BCUT2D eigenvalue weighted by molar-refractivity contribution is 7.91. The normalized spacial score (nSPS) is 22.3. The molecular formula is C13H16N2O2S2. The van der Waals surface area contributed by atoms with Crippen molar-refractivity contribution < 1.29 is 8.42 Å². The molecule has 4 nitrogen and oxygen atoms in total. The molecule has 2 aromatic rings. The summed E-state index contributed by atoms with van der Waals surface area (Å²) in [4.78, 5) is 6.70. The van der Waals surface area contributed by atoms with E-state index in [-0.39, 0.29) is 11.8 Å². The van der Waals surface area contributed by atoms with E-state index in [9.17, 15) is 8.42 Å². The first-order valence-electron chi connectivity index (χ1n) is 6.29. The molecule has 0 spiro atoms. The molecule has 0 saturated carbocycles. The molecule has 1 unspecified atom stereocenters. The lowest BCUT2D eigenvalue weighted by Crippen LogP contribution is -2.32. The van der Waals surface area contributed by atoms with Crippen LogP contribution in [0.3, 0.4) is 0 Å². The predicted molar refractivity (Wildman–Crippen MR) is 78.1 cm³/mol. The van der Waals surface area contributed by atoms with E-state index in [0.29, 0.717) is 5.75 Å². The minimum atomic E-state index is -2.82. The van der Waals surface area contributed by atoms with Crippen molar-refractivity contribution in [3.8, 4) is 0 Å². The van der Waals surface area contributed by atoms with Crippen LogP contribution in [0.15, 0.2) is 24.3 Å². The van der Waals surface area contributed by atoms with Gasteiger partial charge in [-0.3, -0.25) is 4.90 Å². The van der Waals surface area contributed by atoms with E-state index in [1.165, 1.54) is 4.70 Å². The number of aromatic nitrogens is 1. The van der Waals surface area contributed by atoms with Gasteiger partial charge in [0, 0.05) is 6.04 Å². The Morgan fingerprint density at radius 2 is 2.21 bits per heavy atom. The third-order valence-electron chi connectivity index (χ3n) is 3.55. The van der Waals surface area contributed by atoms with Crippen molar-refractivity contribution in [1.29, 1.82) is 0 Å². The van der Waals surface area contributed by atoms with Crippen LogP contribution < -0.4 is 0 Å². The number of benzene rings is 1. The first-order chi connectivity index (χ1) is 9.03. The van der Waals surface area contributed by atoms with Crippen LogP contribution in [0.4, 0.5) is 0 Å². The standard InChI is InChI=1S/C13H16N2O2S2/c1-15(10-6-7-19(16,17)9-10)8-13-14-11-4-2-3-5-12(11)18-13/h2-5,10H,6-9H2,1H3. The second kappa shape index (κ2) is 4.85. The minimum Gasteiger partial charge on any atom is -0.296 e. The van der Waals surface area contributed by atoms with Gasteiger partial charge in [0.15, 0.2) is 9.84 Å². The molecule has 0 aliphatic carbocycles. The van der Waals surface area contributed by atoms with E-state index < -0.39 is 9.84 Å². The molecule has 1 atom stereocenters. The maximum absolute atomic E-state index is 11.5. The molecule has 0 amide bonds. The summed E-state index contributed by atoms with van der Waals surface area (Å²) in [5.74, 6) is 0.607. The van der Waals surface area contributed by atoms with Crippen LogP contribution in [-0.2, 0) is 16.4 Å². The maximum atomic E-state index is 11.5. The highest BCUT2D eigenvalue weighted by Crippen LogP contribution is 2.24. The van der Waals surface area contributed by atoms with Crippen molar-refractivity contribution in [2.75, 3.05) is 18.6 Å². The Hall–Kier alpha value is -0.980. The molecule has 6 heteroatoms. The summed E-state index contributed by atoms with van der Waals surface area (Å²) in [6, 6.07) is 8.21. The van der Waals surface area contributed by atoms with Crippen LogP contribution in [0.25, 0.3) is 10.2 Å². The number of thiazole rings is 1. The summed E-state index contributed by atoms with van der Waals surface area (Å²) in [6.07, 6.45) is 0.740. The van der Waals surface area contributed by atoms with Gasteiger partial charge in [-0.15, -0.1) is 11.3 Å². The number of sulfone groups is 1. The fourth-order valence-electron chi connectivity index (χ4n) is 2.45. The van der Waals surface area contributed by atoms with Gasteiger partial charge < -0.3 is 0 Å². The summed E-state index contributed by atoms with van der Waals surface area (Å²) in [6.45, 7) is 0.722. The van der Waals surface area contributed by atoms with Crippen molar-refractivity contribution in [3.05, 3.63) is 29.3 Å². The molecule has 1 aliphatic rings. The summed E-state index contributed by atoms with van der Waals surface area (Å²) >= 11 is 1.68. The van der Waals surface area contributed by atoms with E-state index in [0.717, 1.165) is 23.5 Å². The molecule has 2 heterocycles. The molecule has 102 valence electrons. The predicted octanol–water partition coefficient (Wildman–Crippen LogP) is 1.92.